The van der Waals surface area contributed by atoms with Gasteiger partial charge < -0.3 is 10.5 Å². The summed E-state index contributed by atoms with van der Waals surface area (Å²) in [7, 11) is 1.64. The van der Waals surface area contributed by atoms with Crippen molar-refractivity contribution in [2.45, 2.75) is 33.2 Å². The van der Waals surface area contributed by atoms with E-state index in [1.165, 1.54) is 0 Å². The number of methoxy groups -OCH3 is 1. The van der Waals surface area contributed by atoms with Crippen molar-refractivity contribution < 1.29 is 4.74 Å². The number of benzene rings is 1. The van der Waals surface area contributed by atoms with Gasteiger partial charge in [0.25, 0.3) is 0 Å². The van der Waals surface area contributed by atoms with Crippen LogP contribution in [0.5, 0.6) is 5.75 Å². The number of para-hydroxylation sites is 1. The third-order valence-corrected chi connectivity index (χ3v) is 4.98. The quantitative estimate of drug-likeness (QED) is 0.510. The molecule has 0 unspecified atom stereocenters. The summed E-state index contributed by atoms with van der Waals surface area (Å²) in [4.78, 5) is 13.5. The van der Waals surface area contributed by atoms with Crippen molar-refractivity contribution in [2.75, 3.05) is 12.8 Å². The van der Waals surface area contributed by atoms with E-state index in [2.05, 4.69) is 34.1 Å². The Morgan fingerprint density at radius 3 is 2.55 bits per heavy atom. The SMILES string of the molecule is COc1c(C)cccc1-c1cc(-c2cn(Cc3cccc(C(C)C)n3)nn2)nc(N)n1. The van der Waals surface area contributed by atoms with Crippen LogP contribution in [-0.2, 0) is 6.54 Å². The number of ether oxygens (including phenoxy) is 1. The van der Waals surface area contributed by atoms with Crippen LogP contribution in [-0.4, -0.2) is 37.1 Å². The Balaban J connectivity index is 1.65. The topological polar surface area (TPSA) is 105 Å². The van der Waals surface area contributed by atoms with E-state index in [0.29, 0.717) is 29.5 Å². The van der Waals surface area contributed by atoms with Crippen LogP contribution in [0.25, 0.3) is 22.6 Å². The van der Waals surface area contributed by atoms with Crippen LogP contribution >= 0.6 is 0 Å². The van der Waals surface area contributed by atoms with Crippen LogP contribution in [0.2, 0.25) is 0 Å². The molecule has 0 amide bonds. The highest BCUT2D eigenvalue weighted by atomic mass is 16.5. The van der Waals surface area contributed by atoms with Crippen molar-refractivity contribution >= 4 is 5.95 Å². The van der Waals surface area contributed by atoms with Crippen LogP contribution < -0.4 is 10.5 Å². The molecule has 0 aliphatic heterocycles. The normalized spacial score (nSPS) is 11.1. The average molecular weight is 416 g/mol. The number of pyridine rings is 1. The van der Waals surface area contributed by atoms with E-state index in [-0.39, 0.29) is 5.95 Å². The van der Waals surface area contributed by atoms with Gasteiger partial charge in [0.1, 0.15) is 11.4 Å². The van der Waals surface area contributed by atoms with Gasteiger partial charge in [0.15, 0.2) is 0 Å². The maximum absolute atomic E-state index is 6.01. The summed E-state index contributed by atoms with van der Waals surface area (Å²) in [5.41, 5.74) is 11.7. The number of aromatic nitrogens is 6. The molecule has 158 valence electrons. The van der Waals surface area contributed by atoms with Crippen molar-refractivity contribution in [3.05, 3.63) is 65.6 Å². The molecule has 0 atom stereocenters. The minimum absolute atomic E-state index is 0.164. The molecule has 3 heterocycles. The van der Waals surface area contributed by atoms with E-state index in [4.69, 9.17) is 15.5 Å². The Hall–Kier alpha value is -3.81. The first-order chi connectivity index (χ1) is 14.9. The zero-order valence-corrected chi connectivity index (χ0v) is 18.1. The molecule has 4 aromatic rings. The number of aryl methyl sites for hydroxylation is 1. The van der Waals surface area contributed by atoms with E-state index >= 15 is 0 Å². The van der Waals surface area contributed by atoms with Crippen molar-refractivity contribution in [1.82, 2.24) is 29.9 Å². The van der Waals surface area contributed by atoms with Gasteiger partial charge in [0.05, 0.1) is 36.9 Å². The fraction of sp³-hybridized carbons (Fsp3) is 0.261. The van der Waals surface area contributed by atoms with Gasteiger partial charge in [-0.15, -0.1) is 5.10 Å². The Labute approximate surface area is 181 Å². The smallest absolute Gasteiger partial charge is 0.221 e. The summed E-state index contributed by atoms with van der Waals surface area (Å²) < 4.78 is 7.32. The lowest BCUT2D eigenvalue weighted by Crippen LogP contribution is -2.04. The third kappa shape index (κ3) is 4.37. The van der Waals surface area contributed by atoms with Crippen molar-refractivity contribution in [3.63, 3.8) is 0 Å². The third-order valence-electron chi connectivity index (χ3n) is 4.98. The highest BCUT2D eigenvalue weighted by Gasteiger charge is 2.15. The number of nitrogens with two attached hydrogens (primary N) is 1. The fourth-order valence-corrected chi connectivity index (χ4v) is 3.43. The van der Waals surface area contributed by atoms with Crippen molar-refractivity contribution in [1.29, 1.82) is 0 Å². The Kier molecular flexibility index (Phi) is 5.62. The molecule has 0 saturated carbocycles. The van der Waals surface area contributed by atoms with Crippen LogP contribution in [0.4, 0.5) is 5.95 Å². The van der Waals surface area contributed by atoms with E-state index in [1.54, 1.807) is 11.8 Å². The largest absolute Gasteiger partial charge is 0.496 e. The maximum atomic E-state index is 6.01. The minimum atomic E-state index is 0.164. The molecule has 8 nitrogen and oxygen atoms in total. The highest BCUT2D eigenvalue weighted by molar-refractivity contribution is 5.73. The fourth-order valence-electron chi connectivity index (χ4n) is 3.43. The summed E-state index contributed by atoms with van der Waals surface area (Å²) in [6, 6.07) is 13.8. The monoisotopic (exact) mass is 415 g/mol. The first kappa shape index (κ1) is 20.5. The first-order valence-corrected chi connectivity index (χ1v) is 10.1. The second-order valence-corrected chi connectivity index (χ2v) is 7.66. The number of anilines is 1. The Morgan fingerprint density at radius 2 is 1.77 bits per heavy atom. The van der Waals surface area contributed by atoms with Crippen molar-refractivity contribution in [2.24, 2.45) is 0 Å². The number of rotatable bonds is 6. The number of hydrogen-bond donors (Lipinski definition) is 1. The molecule has 2 N–H and O–H groups in total. The minimum Gasteiger partial charge on any atom is -0.496 e. The Bertz CT molecular complexity index is 1220. The molecular weight excluding hydrogens is 390 g/mol. The lowest BCUT2D eigenvalue weighted by molar-refractivity contribution is 0.413. The van der Waals surface area contributed by atoms with Crippen LogP contribution in [0, 0.1) is 6.92 Å². The van der Waals surface area contributed by atoms with Gasteiger partial charge in [-0.1, -0.05) is 37.3 Å². The summed E-state index contributed by atoms with van der Waals surface area (Å²) in [6.45, 7) is 6.76. The van der Waals surface area contributed by atoms with Crippen LogP contribution in [0.15, 0.2) is 48.7 Å². The summed E-state index contributed by atoms with van der Waals surface area (Å²) in [5.74, 6) is 1.29. The van der Waals surface area contributed by atoms with Gasteiger partial charge >= 0.3 is 0 Å². The van der Waals surface area contributed by atoms with Gasteiger partial charge in [-0.25, -0.2) is 14.6 Å². The van der Waals surface area contributed by atoms with Gasteiger partial charge in [-0.2, -0.15) is 0 Å². The molecule has 8 heteroatoms. The zero-order valence-electron chi connectivity index (χ0n) is 18.1. The molecule has 3 aromatic heterocycles. The summed E-state index contributed by atoms with van der Waals surface area (Å²) >= 11 is 0. The summed E-state index contributed by atoms with van der Waals surface area (Å²) in [5, 5.41) is 8.53. The molecule has 0 aliphatic rings. The molecule has 0 aliphatic carbocycles. The molecule has 0 spiro atoms. The first-order valence-electron chi connectivity index (χ1n) is 10.1. The number of hydrogen-bond acceptors (Lipinski definition) is 7. The zero-order chi connectivity index (χ0) is 22.0. The second kappa shape index (κ2) is 8.51. The van der Waals surface area contributed by atoms with Gasteiger partial charge in [0, 0.05) is 11.3 Å². The van der Waals surface area contributed by atoms with Gasteiger partial charge in [0.2, 0.25) is 5.95 Å². The molecule has 0 saturated heterocycles. The number of nitrogen functional groups attached to an aromatic ring is 1. The standard InChI is InChI=1S/C23H25N7O/c1-14(2)18-10-6-8-16(25-18)12-30-13-21(28-29-30)20-11-19(26-23(24)27-20)17-9-5-7-15(3)22(17)31-4/h5-11,13-14H,12H2,1-4H3,(H2,24,26,27). The van der Waals surface area contributed by atoms with Crippen LogP contribution in [0.3, 0.4) is 0 Å². The lowest BCUT2D eigenvalue weighted by atomic mass is 10.1. The predicted molar refractivity (Wildman–Crippen MR) is 120 cm³/mol. The van der Waals surface area contributed by atoms with Crippen LogP contribution in [0.1, 0.15) is 36.7 Å². The molecule has 1 aromatic carbocycles. The molecule has 31 heavy (non-hydrogen) atoms. The molecule has 0 fully saturated rings. The van der Waals surface area contributed by atoms with Gasteiger partial charge in [-0.3, -0.25) is 4.98 Å². The van der Waals surface area contributed by atoms with E-state index in [9.17, 15) is 0 Å². The maximum Gasteiger partial charge on any atom is 0.221 e. The van der Waals surface area contributed by atoms with Crippen molar-refractivity contribution in [3.8, 4) is 28.4 Å². The Morgan fingerprint density at radius 1 is 1.00 bits per heavy atom. The molecule has 4 rings (SSSR count). The number of nitrogens with zero attached hydrogens (tertiary/aromatic N) is 6. The summed E-state index contributed by atoms with van der Waals surface area (Å²) in [6.07, 6.45) is 1.84. The molecule has 0 bridgehead atoms. The second-order valence-electron chi connectivity index (χ2n) is 7.66. The molecular formula is C23H25N7O. The van der Waals surface area contributed by atoms with E-state index in [1.807, 2.05) is 55.6 Å². The highest BCUT2D eigenvalue weighted by Crippen LogP contribution is 2.33. The van der Waals surface area contributed by atoms with Gasteiger partial charge in [-0.05, 0) is 42.7 Å². The average Bonchev–Trinajstić information content (AvgIpc) is 3.22. The predicted octanol–water partition coefficient (Wildman–Crippen LogP) is 3.87. The van der Waals surface area contributed by atoms with E-state index in [0.717, 1.165) is 28.3 Å². The lowest BCUT2D eigenvalue weighted by Gasteiger charge is -2.11. The van der Waals surface area contributed by atoms with E-state index < -0.39 is 0 Å². The molecule has 0 radical (unpaired) electrons.